The van der Waals surface area contributed by atoms with Crippen molar-refractivity contribution in [3.63, 3.8) is 0 Å². The molecule has 0 saturated carbocycles. The van der Waals surface area contributed by atoms with E-state index in [1.54, 1.807) is 0 Å². The van der Waals surface area contributed by atoms with Crippen LogP contribution in [0.15, 0.2) is 0 Å². The van der Waals surface area contributed by atoms with Gasteiger partial charge in [-0.3, -0.25) is 0 Å². The molecule has 54 valence electrons. The molecule has 7 heteroatoms. The average Bonchev–Trinajstić information content (AvgIpc) is 2.15. The van der Waals surface area contributed by atoms with Crippen LogP contribution in [0.2, 0.25) is 0 Å². The Bertz CT molecular complexity index is 243. The summed E-state index contributed by atoms with van der Waals surface area (Å²) in [4.78, 5) is 10.1. The number of hydrogen-bond acceptors (Lipinski definition) is 5. The van der Waals surface area contributed by atoms with Gasteiger partial charge in [0, 0.05) is 7.05 Å². The number of amides is 1. The highest BCUT2D eigenvalue weighted by atomic mass is 16.6. The highest BCUT2D eigenvalue weighted by Crippen LogP contribution is 1.97. The first-order valence-electron chi connectivity index (χ1n) is 2.40. The summed E-state index contributed by atoms with van der Waals surface area (Å²) in [5, 5.41) is 9.93. The second-order valence-electron chi connectivity index (χ2n) is 1.51. The minimum absolute atomic E-state index is 0.0208. The van der Waals surface area contributed by atoms with Crippen LogP contribution in [0.25, 0.3) is 0 Å². The number of aromatic nitrogens is 4. The quantitative estimate of drug-likeness (QED) is 0.525. The van der Waals surface area contributed by atoms with Crippen LogP contribution in [-0.2, 0) is 7.05 Å². The fourth-order valence-electron chi connectivity index (χ4n) is 0.398. The van der Waals surface area contributed by atoms with Gasteiger partial charge in [-0.15, -0.1) is 0 Å². The van der Waals surface area contributed by atoms with Crippen LogP contribution in [0.3, 0.4) is 0 Å². The number of tetrazole rings is 1. The minimum atomic E-state index is -0.932. The summed E-state index contributed by atoms with van der Waals surface area (Å²) in [6, 6.07) is -0.0208. The Kier molecular flexibility index (Phi) is 1.48. The number of aryl methyl sites for hydroxylation is 1. The second-order valence-corrected chi connectivity index (χ2v) is 1.51. The van der Waals surface area contributed by atoms with Gasteiger partial charge in [0.1, 0.15) is 0 Å². The smallest absolute Gasteiger partial charge is 0.373 e. The molecule has 1 amide bonds. The molecule has 0 aliphatic heterocycles. The highest BCUT2D eigenvalue weighted by molar-refractivity contribution is 5.66. The van der Waals surface area contributed by atoms with Crippen LogP contribution in [0, 0.1) is 0 Å². The van der Waals surface area contributed by atoms with Crippen molar-refractivity contribution >= 4 is 6.09 Å². The molecular formula is C3H5N5O2. The Hall–Kier alpha value is -1.66. The van der Waals surface area contributed by atoms with Gasteiger partial charge in [-0.1, -0.05) is 5.10 Å². The van der Waals surface area contributed by atoms with Crippen molar-refractivity contribution in [1.29, 1.82) is 0 Å². The molecule has 0 fully saturated rings. The van der Waals surface area contributed by atoms with Crippen molar-refractivity contribution in [2.75, 3.05) is 0 Å². The van der Waals surface area contributed by atoms with E-state index >= 15 is 0 Å². The second kappa shape index (κ2) is 2.29. The summed E-state index contributed by atoms with van der Waals surface area (Å²) in [6.07, 6.45) is -0.932. The normalized spacial score (nSPS) is 9.30. The van der Waals surface area contributed by atoms with Crippen LogP contribution >= 0.6 is 0 Å². The molecule has 1 aromatic rings. The van der Waals surface area contributed by atoms with E-state index in [2.05, 4.69) is 26.0 Å². The largest absolute Gasteiger partial charge is 0.412 e. The maximum absolute atomic E-state index is 10.1. The van der Waals surface area contributed by atoms with Crippen LogP contribution in [0.5, 0.6) is 6.01 Å². The van der Waals surface area contributed by atoms with E-state index in [0.29, 0.717) is 0 Å². The standard InChI is InChI=1S/C3H5N5O2/c1-8-3(5-6-7-8)10-2(4)9/h1H3,(H2,4,9). The molecule has 1 heterocycles. The van der Waals surface area contributed by atoms with Crippen LogP contribution in [0.4, 0.5) is 4.79 Å². The van der Waals surface area contributed by atoms with Crippen LogP contribution in [0.1, 0.15) is 0 Å². The van der Waals surface area contributed by atoms with Gasteiger partial charge in [-0.25, -0.2) is 4.79 Å². The Morgan fingerprint density at radius 3 is 2.90 bits per heavy atom. The van der Waals surface area contributed by atoms with Crippen molar-refractivity contribution in [1.82, 2.24) is 20.2 Å². The van der Waals surface area contributed by atoms with E-state index in [-0.39, 0.29) is 6.01 Å². The zero-order chi connectivity index (χ0) is 7.56. The molecular weight excluding hydrogens is 138 g/mol. The van der Waals surface area contributed by atoms with E-state index in [9.17, 15) is 4.79 Å². The lowest BCUT2D eigenvalue weighted by molar-refractivity contribution is 0.204. The number of primary amides is 1. The molecule has 10 heavy (non-hydrogen) atoms. The lowest BCUT2D eigenvalue weighted by Crippen LogP contribution is -2.18. The summed E-state index contributed by atoms with van der Waals surface area (Å²) in [7, 11) is 1.53. The Labute approximate surface area is 55.8 Å². The SMILES string of the molecule is Cn1nnnc1OC(N)=O. The first-order chi connectivity index (χ1) is 4.70. The van der Waals surface area contributed by atoms with Gasteiger partial charge in [0.25, 0.3) is 0 Å². The number of nitrogens with two attached hydrogens (primary N) is 1. The molecule has 0 aliphatic carbocycles. The van der Waals surface area contributed by atoms with E-state index in [4.69, 9.17) is 0 Å². The van der Waals surface area contributed by atoms with Crippen LogP contribution < -0.4 is 10.5 Å². The summed E-state index contributed by atoms with van der Waals surface area (Å²) < 4.78 is 5.54. The number of carbonyl (C=O) groups is 1. The van der Waals surface area contributed by atoms with Gasteiger partial charge in [0.05, 0.1) is 0 Å². The van der Waals surface area contributed by atoms with Crippen molar-refractivity contribution in [3.05, 3.63) is 0 Å². The summed E-state index contributed by atoms with van der Waals surface area (Å²) in [5.41, 5.74) is 4.68. The lowest BCUT2D eigenvalue weighted by Gasteiger charge is -1.93. The summed E-state index contributed by atoms with van der Waals surface area (Å²) >= 11 is 0. The molecule has 0 bridgehead atoms. The third kappa shape index (κ3) is 1.19. The zero-order valence-corrected chi connectivity index (χ0v) is 5.18. The minimum Gasteiger partial charge on any atom is -0.373 e. The summed E-state index contributed by atoms with van der Waals surface area (Å²) in [6.45, 7) is 0. The number of nitrogens with zero attached hydrogens (tertiary/aromatic N) is 4. The fourth-order valence-corrected chi connectivity index (χ4v) is 0.398. The zero-order valence-electron chi connectivity index (χ0n) is 5.18. The number of rotatable bonds is 1. The predicted molar refractivity (Wildman–Crippen MR) is 29.0 cm³/mol. The maximum atomic E-state index is 10.1. The van der Waals surface area contributed by atoms with Gasteiger partial charge in [-0.2, -0.15) is 4.68 Å². The molecule has 1 rings (SSSR count). The third-order valence-corrected chi connectivity index (χ3v) is 0.773. The monoisotopic (exact) mass is 143 g/mol. The van der Waals surface area contributed by atoms with Crippen LogP contribution in [-0.4, -0.2) is 26.3 Å². The summed E-state index contributed by atoms with van der Waals surface area (Å²) in [5.74, 6) is 0. The molecule has 0 saturated heterocycles. The first-order valence-corrected chi connectivity index (χ1v) is 2.40. The van der Waals surface area contributed by atoms with Gasteiger partial charge < -0.3 is 10.5 Å². The van der Waals surface area contributed by atoms with Crippen molar-refractivity contribution in [2.45, 2.75) is 0 Å². The number of hydrogen-bond donors (Lipinski definition) is 1. The van der Waals surface area contributed by atoms with Gasteiger partial charge >= 0.3 is 12.1 Å². The predicted octanol–water partition coefficient (Wildman–Crippen LogP) is -1.33. The molecule has 1 aromatic heterocycles. The number of carbonyl (C=O) groups excluding carboxylic acids is 1. The highest BCUT2D eigenvalue weighted by Gasteiger charge is 2.04. The van der Waals surface area contributed by atoms with Gasteiger partial charge in [-0.05, 0) is 10.4 Å². The van der Waals surface area contributed by atoms with E-state index < -0.39 is 6.09 Å². The number of ether oxygens (including phenoxy) is 1. The Morgan fingerprint density at radius 1 is 1.80 bits per heavy atom. The maximum Gasteiger partial charge on any atom is 0.412 e. The van der Waals surface area contributed by atoms with Crippen molar-refractivity contribution in [3.8, 4) is 6.01 Å². The molecule has 0 spiro atoms. The molecule has 0 atom stereocenters. The van der Waals surface area contributed by atoms with E-state index in [1.807, 2.05) is 0 Å². The lowest BCUT2D eigenvalue weighted by atomic mass is 11.1. The van der Waals surface area contributed by atoms with Gasteiger partial charge in [0.15, 0.2) is 0 Å². The Morgan fingerprint density at radius 2 is 2.50 bits per heavy atom. The molecule has 2 N–H and O–H groups in total. The van der Waals surface area contributed by atoms with Crippen molar-refractivity contribution < 1.29 is 9.53 Å². The third-order valence-electron chi connectivity index (χ3n) is 0.773. The fraction of sp³-hybridized carbons (Fsp3) is 0.333. The average molecular weight is 143 g/mol. The Balaban J connectivity index is 2.74. The van der Waals surface area contributed by atoms with Crippen molar-refractivity contribution in [2.24, 2.45) is 12.8 Å². The molecule has 0 unspecified atom stereocenters. The molecule has 0 aromatic carbocycles. The molecule has 0 aliphatic rings. The van der Waals surface area contributed by atoms with Gasteiger partial charge in [0.2, 0.25) is 0 Å². The molecule has 0 radical (unpaired) electrons. The topological polar surface area (TPSA) is 95.9 Å². The molecule has 7 nitrogen and oxygen atoms in total. The first kappa shape index (κ1) is 6.46. The van der Waals surface area contributed by atoms with E-state index in [1.165, 1.54) is 11.7 Å². The van der Waals surface area contributed by atoms with E-state index in [0.717, 1.165) is 0 Å².